The molecule has 0 saturated carbocycles. The maximum absolute atomic E-state index is 11.6. The Morgan fingerprint density at radius 3 is 2.71 bits per heavy atom. The van der Waals surface area contributed by atoms with E-state index < -0.39 is 5.97 Å². The molecule has 0 bridgehead atoms. The van der Waals surface area contributed by atoms with E-state index in [1.165, 1.54) is 7.11 Å². The van der Waals surface area contributed by atoms with Gasteiger partial charge in [-0.3, -0.25) is 9.59 Å². The van der Waals surface area contributed by atoms with E-state index in [-0.39, 0.29) is 18.9 Å². The summed E-state index contributed by atoms with van der Waals surface area (Å²) in [6, 6.07) is 4.89. The number of aliphatic carboxylic acids is 1. The maximum atomic E-state index is 11.6. The summed E-state index contributed by atoms with van der Waals surface area (Å²) in [4.78, 5) is 21.9. The van der Waals surface area contributed by atoms with E-state index >= 15 is 0 Å². The van der Waals surface area contributed by atoms with Gasteiger partial charge in [-0.25, -0.2) is 0 Å². The van der Waals surface area contributed by atoms with E-state index in [4.69, 9.17) is 9.84 Å². The molecule has 1 rings (SSSR count). The molecule has 0 heterocycles. The zero-order chi connectivity index (χ0) is 12.8. The fourth-order valence-electron chi connectivity index (χ4n) is 1.19. The van der Waals surface area contributed by atoms with E-state index in [1.807, 2.05) is 0 Å². The van der Waals surface area contributed by atoms with Crippen LogP contribution >= 0.6 is 15.9 Å². The van der Waals surface area contributed by atoms with E-state index in [0.717, 1.165) is 0 Å². The molecule has 1 aromatic rings. The van der Waals surface area contributed by atoms with Crippen LogP contribution in [0.2, 0.25) is 0 Å². The molecule has 92 valence electrons. The molecule has 0 unspecified atom stereocenters. The third-order valence-electron chi connectivity index (χ3n) is 2.04. The van der Waals surface area contributed by atoms with Crippen molar-refractivity contribution in [2.75, 3.05) is 13.7 Å². The van der Waals surface area contributed by atoms with Crippen molar-refractivity contribution < 1.29 is 19.4 Å². The molecule has 17 heavy (non-hydrogen) atoms. The molecule has 5 nitrogen and oxygen atoms in total. The van der Waals surface area contributed by atoms with Gasteiger partial charge in [0.15, 0.2) is 0 Å². The first kappa shape index (κ1) is 13.5. The minimum absolute atomic E-state index is 0.0942. The summed E-state index contributed by atoms with van der Waals surface area (Å²) in [5, 5.41) is 10.9. The van der Waals surface area contributed by atoms with Crippen LogP contribution in [0.15, 0.2) is 22.7 Å². The predicted octanol–water partition coefficient (Wildman–Crippen LogP) is 1.66. The van der Waals surface area contributed by atoms with Crippen molar-refractivity contribution in [1.29, 1.82) is 0 Å². The predicted molar refractivity (Wildman–Crippen MR) is 65.3 cm³/mol. The minimum Gasteiger partial charge on any atom is -0.496 e. The van der Waals surface area contributed by atoms with Gasteiger partial charge in [0.25, 0.3) is 5.91 Å². The summed E-state index contributed by atoms with van der Waals surface area (Å²) >= 11 is 3.27. The van der Waals surface area contributed by atoms with Gasteiger partial charge >= 0.3 is 5.97 Å². The van der Waals surface area contributed by atoms with Crippen molar-refractivity contribution in [2.24, 2.45) is 0 Å². The summed E-state index contributed by atoms with van der Waals surface area (Å²) in [5.74, 6) is -0.622. The Labute approximate surface area is 107 Å². The zero-order valence-corrected chi connectivity index (χ0v) is 10.8. The van der Waals surface area contributed by atoms with Gasteiger partial charge < -0.3 is 15.2 Å². The lowest BCUT2D eigenvalue weighted by atomic mass is 10.2. The minimum atomic E-state index is -0.943. The van der Waals surface area contributed by atoms with E-state index in [2.05, 4.69) is 21.2 Å². The third-order valence-corrected chi connectivity index (χ3v) is 2.66. The first-order valence-corrected chi connectivity index (χ1v) is 5.67. The number of ether oxygens (including phenoxy) is 1. The fourth-order valence-corrected chi connectivity index (χ4v) is 1.73. The Morgan fingerprint density at radius 2 is 2.18 bits per heavy atom. The second kappa shape index (κ2) is 6.24. The maximum Gasteiger partial charge on any atom is 0.305 e. The summed E-state index contributed by atoms with van der Waals surface area (Å²) in [6.45, 7) is 0.109. The standard InChI is InChI=1S/C11H12BrNO4/c1-17-9-3-2-7(6-8(9)12)11(16)13-5-4-10(14)15/h2-3,6H,4-5H2,1H3,(H,13,16)(H,14,15). The number of hydrogen-bond acceptors (Lipinski definition) is 3. The summed E-state index contributed by atoms with van der Waals surface area (Å²) < 4.78 is 5.71. The first-order chi connectivity index (χ1) is 8.04. The van der Waals surface area contributed by atoms with Gasteiger partial charge in [0.2, 0.25) is 0 Å². The van der Waals surface area contributed by atoms with Crippen LogP contribution in [0.3, 0.4) is 0 Å². The second-order valence-electron chi connectivity index (χ2n) is 3.25. The molecule has 0 aliphatic carbocycles. The normalized spacial score (nSPS) is 9.76. The highest BCUT2D eigenvalue weighted by Gasteiger charge is 2.08. The van der Waals surface area contributed by atoms with Crippen molar-refractivity contribution in [3.05, 3.63) is 28.2 Å². The van der Waals surface area contributed by atoms with Crippen molar-refractivity contribution >= 4 is 27.8 Å². The number of methoxy groups -OCH3 is 1. The Hall–Kier alpha value is -1.56. The summed E-state index contributed by atoms with van der Waals surface area (Å²) in [6.07, 6.45) is -0.0942. The van der Waals surface area contributed by atoms with Gasteiger partial charge in [-0.1, -0.05) is 0 Å². The zero-order valence-electron chi connectivity index (χ0n) is 9.20. The van der Waals surface area contributed by atoms with Crippen LogP contribution in [0.4, 0.5) is 0 Å². The molecule has 0 aliphatic rings. The molecule has 1 amide bonds. The number of nitrogens with one attached hydrogen (secondary N) is 1. The number of hydrogen-bond donors (Lipinski definition) is 2. The van der Waals surface area contributed by atoms with Gasteiger partial charge in [-0.15, -0.1) is 0 Å². The summed E-state index contributed by atoms with van der Waals surface area (Å²) in [7, 11) is 1.53. The van der Waals surface area contributed by atoms with Crippen LogP contribution in [-0.4, -0.2) is 30.6 Å². The van der Waals surface area contributed by atoms with E-state index in [9.17, 15) is 9.59 Å². The lowest BCUT2D eigenvalue weighted by molar-refractivity contribution is -0.136. The molecule has 0 spiro atoms. The molecule has 2 N–H and O–H groups in total. The number of halogens is 1. The van der Waals surface area contributed by atoms with Crippen molar-refractivity contribution in [3.63, 3.8) is 0 Å². The van der Waals surface area contributed by atoms with Crippen LogP contribution in [0.25, 0.3) is 0 Å². The average Bonchev–Trinajstić information content (AvgIpc) is 2.28. The molecule has 6 heteroatoms. The SMILES string of the molecule is COc1ccc(C(=O)NCCC(=O)O)cc1Br. The molecule has 1 aromatic carbocycles. The van der Waals surface area contributed by atoms with Gasteiger partial charge in [0.1, 0.15) is 5.75 Å². The Bertz CT molecular complexity index is 433. The number of rotatable bonds is 5. The third kappa shape index (κ3) is 4.07. The molecule has 0 fully saturated rings. The number of carboxylic acids is 1. The molecular weight excluding hydrogens is 290 g/mol. The topological polar surface area (TPSA) is 75.6 Å². The Kier molecular flexibility index (Phi) is 4.96. The van der Waals surface area contributed by atoms with Crippen LogP contribution in [0.5, 0.6) is 5.75 Å². The Balaban J connectivity index is 2.63. The van der Waals surface area contributed by atoms with Gasteiger partial charge in [0.05, 0.1) is 18.0 Å². The second-order valence-corrected chi connectivity index (χ2v) is 4.10. The number of carbonyl (C=O) groups excluding carboxylic acids is 1. The van der Waals surface area contributed by atoms with Crippen LogP contribution in [0, 0.1) is 0 Å². The smallest absolute Gasteiger partial charge is 0.305 e. The quantitative estimate of drug-likeness (QED) is 0.867. The van der Waals surface area contributed by atoms with E-state index in [1.54, 1.807) is 18.2 Å². The van der Waals surface area contributed by atoms with Gasteiger partial charge in [-0.05, 0) is 34.1 Å². The molecule has 0 aliphatic heterocycles. The summed E-state index contributed by atoms with van der Waals surface area (Å²) in [5.41, 5.74) is 0.447. The number of carbonyl (C=O) groups is 2. The van der Waals surface area contributed by atoms with Crippen molar-refractivity contribution in [2.45, 2.75) is 6.42 Å². The van der Waals surface area contributed by atoms with Gasteiger partial charge in [0, 0.05) is 12.1 Å². The van der Waals surface area contributed by atoms with Crippen LogP contribution < -0.4 is 10.1 Å². The Morgan fingerprint density at radius 1 is 1.47 bits per heavy atom. The largest absolute Gasteiger partial charge is 0.496 e. The molecule has 0 atom stereocenters. The molecular formula is C11H12BrNO4. The highest BCUT2D eigenvalue weighted by Crippen LogP contribution is 2.25. The molecule has 0 radical (unpaired) electrons. The van der Waals surface area contributed by atoms with Gasteiger partial charge in [-0.2, -0.15) is 0 Å². The fraction of sp³-hybridized carbons (Fsp3) is 0.273. The lowest BCUT2D eigenvalue weighted by Crippen LogP contribution is -2.25. The average molecular weight is 302 g/mol. The lowest BCUT2D eigenvalue weighted by Gasteiger charge is -2.06. The molecule has 0 aromatic heterocycles. The van der Waals surface area contributed by atoms with Crippen LogP contribution in [0.1, 0.15) is 16.8 Å². The number of benzene rings is 1. The monoisotopic (exact) mass is 301 g/mol. The highest BCUT2D eigenvalue weighted by molar-refractivity contribution is 9.10. The molecule has 0 saturated heterocycles. The first-order valence-electron chi connectivity index (χ1n) is 4.88. The van der Waals surface area contributed by atoms with Crippen molar-refractivity contribution in [1.82, 2.24) is 5.32 Å². The highest BCUT2D eigenvalue weighted by atomic mass is 79.9. The number of amides is 1. The van der Waals surface area contributed by atoms with E-state index in [0.29, 0.717) is 15.8 Å². The van der Waals surface area contributed by atoms with Crippen molar-refractivity contribution in [3.8, 4) is 5.75 Å². The number of carboxylic acid groups (broad SMARTS) is 1. The van der Waals surface area contributed by atoms with Crippen LogP contribution in [-0.2, 0) is 4.79 Å².